The molecular weight excluding hydrogens is 412 g/mol. The number of fused-ring (bicyclic) bond motifs is 1. The Kier molecular flexibility index (Phi) is 6.73. The maximum absolute atomic E-state index is 12.8. The Morgan fingerprint density at radius 1 is 1.10 bits per heavy atom. The zero-order valence-corrected chi connectivity index (χ0v) is 18.5. The van der Waals surface area contributed by atoms with Gasteiger partial charge in [-0.25, -0.2) is 0 Å². The number of likely N-dealkylation sites (tertiary alicyclic amines) is 1. The lowest BCUT2D eigenvalue weighted by molar-refractivity contribution is 0.0897. The zero-order valence-electron chi connectivity index (χ0n) is 17.7. The summed E-state index contributed by atoms with van der Waals surface area (Å²) in [5.74, 6) is -0.375. The van der Waals surface area contributed by atoms with E-state index in [0.29, 0.717) is 22.5 Å². The van der Waals surface area contributed by atoms with E-state index in [2.05, 4.69) is 41.4 Å². The van der Waals surface area contributed by atoms with Gasteiger partial charge in [-0.05, 0) is 61.7 Å². The van der Waals surface area contributed by atoms with E-state index in [1.165, 1.54) is 36.5 Å². The molecule has 1 fully saturated rings. The molecule has 2 aromatic carbocycles. The molecule has 1 N–H and O–H groups in total. The van der Waals surface area contributed by atoms with Gasteiger partial charge in [0.2, 0.25) is 0 Å². The Morgan fingerprint density at radius 3 is 2.55 bits per heavy atom. The highest BCUT2D eigenvalue weighted by Gasteiger charge is 2.24. The monoisotopic (exact) mass is 438 g/mol. The topological polar surface area (TPSA) is 62.6 Å². The molecule has 162 valence electrons. The van der Waals surface area contributed by atoms with Crippen molar-refractivity contribution >= 4 is 28.5 Å². The lowest BCUT2D eigenvalue weighted by Crippen LogP contribution is -2.40. The van der Waals surface area contributed by atoms with Gasteiger partial charge in [-0.2, -0.15) is 0 Å². The standard InChI is InChI=1S/C25H27ClN2O3/c1-2-17-6-8-18(9-7-17)21(28-12-4-3-5-13-28)16-27-25(30)24-15-22(29)20-14-19(26)10-11-23(20)31-24/h6-11,14-15,21H,2-5,12-13,16H2,1H3,(H,27,30)/t21-/m1/s1. The van der Waals surface area contributed by atoms with Gasteiger partial charge in [0.15, 0.2) is 11.2 Å². The third-order valence-corrected chi connectivity index (χ3v) is 6.21. The van der Waals surface area contributed by atoms with Crippen molar-refractivity contribution in [2.45, 2.75) is 38.6 Å². The second-order valence-electron chi connectivity index (χ2n) is 8.03. The van der Waals surface area contributed by atoms with Crippen LogP contribution in [-0.2, 0) is 6.42 Å². The van der Waals surface area contributed by atoms with Crippen LogP contribution in [0.5, 0.6) is 0 Å². The van der Waals surface area contributed by atoms with Gasteiger partial charge in [0.25, 0.3) is 5.91 Å². The van der Waals surface area contributed by atoms with Gasteiger partial charge < -0.3 is 9.73 Å². The predicted molar refractivity (Wildman–Crippen MR) is 124 cm³/mol. The number of nitrogens with one attached hydrogen (secondary N) is 1. The van der Waals surface area contributed by atoms with E-state index in [1.54, 1.807) is 18.2 Å². The molecule has 0 unspecified atom stereocenters. The van der Waals surface area contributed by atoms with Gasteiger partial charge in [-0.3, -0.25) is 14.5 Å². The second-order valence-corrected chi connectivity index (χ2v) is 8.47. The first-order valence-corrected chi connectivity index (χ1v) is 11.3. The first kappa shape index (κ1) is 21.6. The van der Waals surface area contributed by atoms with Crippen LogP contribution in [-0.4, -0.2) is 30.4 Å². The van der Waals surface area contributed by atoms with E-state index in [1.807, 2.05) is 0 Å². The fourth-order valence-electron chi connectivity index (χ4n) is 4.18. The molecule has 1 aliphatic heterocycles. The van der Waals surface area contributed by atoms with Crippen molar-refractivity contribution < 1.29 is 9.21 Å². The molecule has 4 rings (SSSR count). The lowest BCUT2D eigenvalue weighted by Gasteiger charge is -2.35. The number of rotatable bonds is 6. The van der Waals surface area contributed by atoms with Crippen molar-refractivity contribution in [3.8, 4) is 0 Å². The summed E-state index contributed by atoms with van der Waals surface area (Å²) in [4.78, 5) is 27.7. The van der Waals surface area contributed by atoms with Gasteiger partial charge in [-0.1, -0.05) is 49.2 Å². The number of benzene rings is 2. The molecule has 1 saturated heterocycles. The summed E-state index contributed by atoms with van der Waals surface area (Å²) >= 11 is 5.96. The molecule has 0 aliphatic carbocycles. The van der Waals surface area contributed by atoms with Crippen LogP contribution in [0.3, 0.4) is 0 Å². The number of nitrogens with zero attached hydrogens (tertiary/aromatic N) is 1. The first-order valence-electron chi connectivity index (χ1n) is 10.9. The van der Waals surface area contributed by atoms with Crippen LogP contribution in [0, 0.1) is 0 Å². The molecule has 0 bridgehead atoms. The van der Waals surface area contributed by atoms with E-state index < -0.39 is 0 Å². The van der Waals surface area contributed by atoms with Crippen molar-refractivity contribution in [2.24, 2.45) is 0 Å². The smallest absolute Gasteiger partial charge is 0.287 e. The number of hydrogen-bond donors (Lipinski definition) is 1. The molecule has 0 radical (unpaired) electrons. The summed E-state index contributed by atoms with van der Waals surface area (Å²) in [6, 6.07) is 14.7. The summed E-state index contributed by atoms with van der Waals surface area (Å²) < 4.78 is 5.69. The van der Waals surface area contributed by atoms with Crippen LogP contribution in [0.15, 0.2) is 57.7 Å². The Labute approximate surface area is 187 Å². The summed E-state index contributed by atoms with van der Waals surface area (Å²) in [6.07, 6.45) is 4.58. The minimum Gasteiger partial charge on any atom is -0.451 e. The number of halogens is 1. The number of piperidine rings is 1. The number of hydrogen-bond acceptors (Lipinski definition) is 4. The van der Waals surface area contributed by atoms with Gasteiger partial charge in [0.1, 0.15) is 5.58 Å². The van der Waals surface area contributed by atoms with Crippen molar-refractivity contribution in [3.63, 3.8) is 0 Å². The normalized spacial score (nSPS) is 15.7. The highest BCUT2D eigenvalue weighted by molar-refractivity contribution is 6.31. The SMILES string of the molecule is CCc1ccc([C@@H](CNC(=O)c2cc(=O)c3cc(Cl)ccc3o2)N2CCCCC2)cc1. The highest BCUT2D eigenvalue weighted by atomic mass is 35.5. The third-order valence-electron chi connectivity index (χ3n) is 5.97. The van der Waals surface area contributed by atoms with E-state index in [9.17, 15) is 9.59 Å². The summed E-state index contributed by atoms with van der Waals surface area (Å²) in [6.45, 7) is 4.62. The minimum atomic E-state index is -0.388. The first-order chi connectivity index (χ1) is 15.0. The molecule has 0 saturated carbocycles. The Bertz CT molecular complexity index is 1120. The van der Waals surface area contributed by atoms with E-state index in [4.69, 9.17) is 16.0 Å². The van der Waals surface area contributed by atoms with Crippen molar-refractivity contribution in [1.29, 1.82) is 0 Å². The van der Waals surface area contributed by atoms with Crippen LogP contribution in [0.25, 0.3) is 11.0 Å². The molecule has 1 amide bonds. The van der Waals surface area contributed by atoms with Gasteiger partial charge in [0, 0.05) is 17.6 Å². The largest absolute Gasteiger partial charge is 0.451 e. The maximum Gasteiger partial charge on any atom is 0.287 e. The third kappa shape index (κ3) is 5.00. The summed E-state index contributed by atoms with van der Waals surface area (Å²) in [5, 5.41) is 3.81. The molecule has 1 aromatic heterocycles. The molecule has 31 heavy (non-hydrogen) atoms. The average Bonchev–Trinajstić information content (AvgIpc) is 2.80. The Balaban J connectivity index is 1.54. The molecule has 1 aliphatic rings. The average molecular weight is 439 g/mol. The van der Waals surface area contributed by atoms with Gasteiger partial charge in [-0.15, -0.1) is 0 Å². The second kappa shape index (κ2) is 9.67. The van der Waals surface area contributed by atoms with E-state index in [-0.39, 0.29) is 23.1 Å². The van der Waals surface area contributed by atoms with Crippen LogP contribution in [0.1, 0.15) is 53.9 Å². The number of carbonyl (C=O) groups is 1. The molecule has 2 heterocycles. The van der Waals surface area contributed by atoms with E-state index in [0.717, 1.165) is 19.5 Å². The quantitative estimate of drug-likeness (QED) is 0.590. The number of carbonyl (C=O) groups excluding carboxylic acids is 1. The van der Waals surface area contributed by atoms with Crippen LogP contribution in [0.4, 0.5) is 0 Å². The van der Waals surface area contributed by atoms with Gasteiger partial charge >= 0.3 is 0 Å². The molecule has 5 nitrogen and oxygen atoms in total. The molecular formula is C25H27ClN2O3. The summed E-state index contributed by atoms with van der Waals surface area (Å²) in [7, 11) is 0. The Morgan fingerprint density at radius 2 is 1.84 bits per heavy atom. The fourth-order valence-corrected chi connectivity index (χ4v) is 4.35. The van der Waals surface area contributed by atoms with Crippen LogP contribution < -0.4 is 10.7 Å². The Hall–Kier alpha value is -2.63. The van der Waals surface area contributed by atoms with Crippen molar-refractivity contribution in [3.05, 3.63) is 80.7 Å². The fraction of sp³-hybridized carbons (Fsp3) is 0.360. The number of amides is 1. The van der Waals surface area contributed by atoms with Crippen molar-refractivity contribution in [1.82, 2.24) is 10.2 Å². The van der Waals surface area contributed by atoms with Crippen molar-refractivity contribution in [2.75, 3.05) is 19.6 Å². The van der Waals surface area contributed by atoms with Crippen LogP contribution in [0.2, 0.25) is 5.02 Å². The molecule has 1 atom stereocenters. The molecule has 0 spiro atoms. The minimum absolute atomic E-state index is 0.0125. The summed E-state index contributed by atoms with van der Waals surface area (Å²) in [5.41, 5.74) is 2.55. The predicted octanol–water partition coefficient (Wildman–Crippen LogP) is 4.97. The molecule has 3 aromatic rings. The number of aryl methyl sites for hydroxylation is 1. The van der Waals surface area contributed by atoms with Crippen LogP contribution >= 0.6 is 11.6 Å². The van der Waals surface area contributed by atoms with Gasteiger partial charge in [0.05, 0.1) is 11.4 Å². The van der Waals surface area contributed by atoms with E-state index >= 15 is 0 Å². The zero-order chi connectivity index (χ0) is 21.8. The lowest BCUT2D eigenvalue weighted by atomic mass is 9.99. The molecule has 6 heteroatoms. The highest BCUT2D eigenvalue weighted by Crippen LogP contribution is 2.25. The maximum atomic E-state index is 12.8.